The van der Waals surface area contributed by atoms with Crippen LogP contribution in [-0.4, -0.2) is 57.1 Å². The van der Waals surface area contributed by atoms with E-state index in [1.807, 2.05) is 7.05 Å². The maximum absolute atomic E-state index is 12.4. The van der Waals surface area contributed by atoms with Crippen LogP contribution in [0.15, 0.2) is 18.2 Å². The number of rotatable bonds is 5. The van der Waals surface area contributed by atoms with E-state index in [2.05, 4.69) is 10.6 Å². The third-order valence-corrected chi connectivity index (χ3v) is 3.72. The summed E-state index contributed by atoms with van der Waals surface area (Å²) in [6.45, 7) is 2.48. The number of nitrogens with one attached hydrogen (secondary N) is 2. The van der Waals surface area contributed by atoms with Gasteiger partial charge in [-0.3, -0.25) is 9.69 Å². The number of benzene rings is 1. The number of hydrogen-bond acceptors (Lipinski definition) is 3. The lowest BCUT2D eigenvalue weighted by molar-refractivity contribution is 0.0797. The lowest BCUT2D eigenvalue weighted by Crippen LogP contribution is -2.33. The molecule has 0 unspecified atom stereocenters. The molecule has 22 heavy (non-hydrogen) atoms. The van der Waals surface area contributed by atoms with Gasteiger partial charge in [0.05, 0.1) is 10.6 Å². The summed E-state index contributed by atoms with van der Waals surface area (Å²) in [5.41, 5.74) is 1.09. The van der Waals surface area contributed by atoms with E-state index in [1.54, 1.807) is 35.0 Å². The number of halogens is 2. The molecule has 122 valence electrons. The number of carbonyl (C=O) groups is 2. The van der Waals surface area contributed by atoms with Crippen LogP contribution in [0.25, 0.3) is 0 Å². The highest BCUT2D eigenvalue weighted by Gasteiger charge is 2.23. The Morgan fingerprint density at radius 1 is 1.50 bits per heavy atom. The average Bonchev–Trinajstić information content (AvgIpc) is 2.90. The highest BCUT2D eigenvalue weighted by Crippen LogP contribution is 2.25. The Bertz CT molecular complexity index is 554. The summed E-state index contributed by atoms with van der Waals surface area (Å²) >= 11 is 6.13. The molecule has 1 aliphatic heterocycles. The molecule has 2 N–H and O–H groups in total. The summed E-state index contributed by atoms with van der Waals surface area (Å²) in [4.78, 5) is 27.3. The molecular weight excluding hydrogens is 327 g/mol. The van der Waals surface area contributed by atoms with E-state index in [4.69, 9.17) is 11.6 Å². The monoisotopic (exact) mass is 346 g/mol. The van der Waals surface area contributed by atoms with Crippen LogP contribution < -0.4 is 15.5 Å². The SMILES string of the molecule is CNCCN(C)C(=O)c1cc(N2CCNC2=O)ccc1Cl.Cl. The Hall–Kier alpha value is -1.50. The summed E-state index contributed by atoms with van der Waals surface area (Å²) in [7, 11) is 3.56. The van der Waals surface area contributed by atoms with Crippen molar-refractivity contribution in [2.24, 2.45) is 0 Å². The van der Waals surface area contributed by atoms with E-state index in [0.29, 0.717) is 42.5 Å². The first-order valence-electron chi connectivity index (χ1n) is 6.79. The van der Waals surface area contributed by atoms with E-state index < -0.39 is 0 Å². The molecule has 8 heteroatoms. The van der Waals surface area contributed by atoms with E-state index in [-0.39, 0.29) is 24.3 Å². The van der Waals surface area contributed by atoms with Gasteiger partial charge in [-0.15, -0.1) is 12.4 Å². The molecule has 0 atom stereocenters. The molecule has 0 bridgehead atoms. The molecule has 0 radical (unpaired) electrons. The number of likely N-dealkylation sites (N-methyl/N-ethyl adjacent to an activating group) is 2. The number of urea groups is 1. The normalized spacial score (nSPS) is 13.6. The van der Waals surface area contributed by atoms with Crippen LogP contribution in [0.1, 0.15) is 10.4 Å². The minimum Gasteiger partial charge on any atom is -0.340 e. The topological polar surface area (TPSA) is 64.7 Å². The van der Waals surface area contributed by atoms with Crippen molar-refractivity contribution in [1.82, 2.24) is 15.5 Å². The van der Waals surface area contributed by atoms with Gasteiger partial charge in [-0.2, -0.15) is 0 Å². The first-order valence-corrected chi connectivity index (χ1v) is 7.17. The fraction of sp³-hybridized carbons (Fsp3) is 0.429. The van der Waals surface area contributed by atoms with Gasteiger partial charge in [0, 0.05) is 38.9 Å². The number of hydrogen-bond donors (Lipinski definition) is 2. The summed E-state index contributed by atoms with van der Waals surface area (Å²) in [5.74, 6) is -0.156. The summed E-state index contributed by atoms with van der Waals surface area (Å²) in [5, 5.41) is 6.11. The van der Waals surface area contributed by atoms with E-state index >= 15 is 0 Å². The van der Waals surface area contributed by atoms with Gasteiger partial charge in [-0.1, -0.05) is 11.6 Å². The van der Waals surface area contributed by atoms with Crippen LogP contribution >= 0.6 is 24.0 Å². The van der Waals surface area contributed by atoms with Crippen molar-refractivity contribution in [1.29, 1.82) is 0 Å². The van der Waals surface area contributed by atoms with Crippen LogP contribution in [0.5, 0.6) is 0 Å². The van der Waals surface area contributed by atoms with Crippen molar-refractivity contribution >= 4 is 41.6 Å². The second-order valence-electron chi connectivity index (χ2n) is 4.88. The van der Waals surface area contributed by atoms with Crippen molar-refractivity contribution in [2.45, 2.75) is 0 Å². The number of amides is 3. The molecule has 1 heterocycles. The Morgan fingerprint density at radius 3 is 2.82 bits per heavy atom. The van der Waals surface area contributed by atoms with Crippen LogP contribution in [0, 0.1) is 0 Å². The Kier molecular flexibility index (Phi) is 6.93. The smallest absolute Gasteiger partial charge is 0.321 e. The van der Waals surface area contributed by atoms with Crippen LogP contribution in [0.3, 0.4) is 0 Å². The zero-order chi connectivity index (χ0) is 15.4. The van der Waals surface area contributed by atoms with Gasteiger partial charge >= 0.3 is 6.03 Å². The Balaban J connectivity index is 0.00000242. The molecule has 0 aromatic heterocycles. The summed E-state index contributed by atoms with van der Waals surface area (Å²) in [6.07, 6.45) is 0. The molecule has 3 amide bonds. The van der Waals surface area contributed by atoms with Crippen LogP contribution in [-0.2, 0) is 0 Å². The number of anilines is 1. The van der Waals surface area contributed by atoms with Gasteiger partial charge in [-0.05, 0) is 25.2 Å². The van der Waals surface area contributed by atoms with Crippen molar-refractivity contribution < 1.29 is 9.59 Å². The Labute approximate surface area is 141 Å². The molecule has 6 nitrogen and oxygen atoms in total. The maximum atomic E-state index is 12.4. The van der Waals surface area contributed by atoms with Gasteiger partial charge in [-0.25, -0.2) is 4.79 Å². The zero-order valence-electron chi connectivity index (χ0n) is 12.6. The molecule has 0 aliphatic carbocycles. The van der Waals surface area contributed by atoms with Gasteiger partial charge in [0.2, 0.25) is 0 Å². The largest absolute Gasteiger partial charge is 0.340 e. The maximum Gasteiger partial charge on any atom is 0.321 e. The van der Waals surface area contributed by atoms with E-state index in [0.717, 1.165) is 0 Å². The quantitative estimate of drug-likeness (QED) is 0.850. The molecule has 1 aromatic carbocycles. The third kappa shape index (κ3) is 4.03. The predicted octanol–water partition coefficient (Wildman–Crippen LogP) is 1.58. The zero-order valence-corrected chi connectivity index (χ0v) is 14.1. The molecular formula is C14H20Cl2N4O2. The molecule has 1 fully saturated rings. The van der Waals surface area contributed by atoms with E-state index in [1.165, 1.54) is 0 Å². The third-order valence-electron chi connectivity index (χ3n) is 3.39. The fourth-order valence-electron chi connectivity index (χ4n) is 2.15. The molecule has 1 saturated heterocycles. The molecule has 1 aliphatic rings. The van der Waals surface area contributed by atoms with Crippen molar-refractivity contribution in [3.05, 3.63) is 28.8 Å². The molecule has 1 aromatic rings. The van der Waals surface area contributed by atoms with E-state index in [9.17, 15) is 9.59 Å². The van der Waals surface area contributed by atoms with Crippen LogP contribution in [0.4, 0.5) is 10.5 Å². The second-order valence-corrected chi connectivity index (χ2v) is 5.29. The average molecular weight is 347 g/mol. The van der Waals surface area contributed by atoms with Gasteiger partial charge in [0.1, 0.15) is 0 Å². The Morgan fingerprint density at radius 2 is 2.23 bits per heavy atom. The lowest BCUT2D eigenvalue weighted by Gasteiger charge is -2.20. The van der Waals surface area contributed by atoms with Gasteiger partial charge < -0.3 is 15.5 Å². The number of carbonyl (C=O) groups excluding carboxylic acids is 2. The standard InChI is InChI=1S/C14H19ClN4O2.ClH/c1-16-5-7-18(2)13(20)11-9-10(3-4-12(11)15)19-8-6-17-14(19)21;/h3-4,9,16H,5-8H2,1-2H3,(H,17,21);1H. The molecule has 2 rings (SSSR count). The van der Waals surface area contributed by atoms with Crippen molar-refractivity contribution in [3.8, 4) is 0 Å². The predicted molar refractivity (Wildman–Crippen MR) is 90.3 cm³/mol. The summed E-state index contributed by atoms with van der Waals surface area (Å²) < 4.78 is 0. The second kappa shape index (κ2) is 8.22. The first kappa shape index (κ1) is 18.5. The first-order chi connectivity index (χ1) is 10.0. The fourth-order valence-corrected chi connectivity index (χ4v) is 2.35. The lowest BCUT2D eigenvalue weighted by atomic mass is 10.1. The highest BCUT2D eigenvalue weighted by molar-refractivity contribution is 6.34. The summed E-state index contributed by atoms with van der Waals surface area (Å²) in [6, 6.07) is 4.92. The van der Waals surface area contributed by atoms with Gasteiger partial charge in [0.15, 0.2) is 0 Å². The minimum atomic E-state index is -0.156. The minimum absolute atomic E-state index is 0. The van der Waals surface area contributed by atoms with Crippen molar-refractivity contribution in [3.63, 3.8) is 0 Å². The van der Waals surface area contributed by atoms with Gasteiger partial charge in [0.25, 0.3) is 5.91 Å². The molecule has 0 saturated carbocycles. The molecule has 0 spiro atoms. The van der Waals surface area contributed by atoms with Crippen LogP contribution in [0.2, 0.25) is 5.02 Å². The van der Waals surface area contributed by atoms with Crippen molar-refractivity contribution in [2.75, 3.05) is 45.2 Å². The number of nitrogens with zero attached hydrogens (tertiary/aromatic N) is 2. The highest BCUT2D eigenvalue weighted by atomic mass is 35.5.